The first-order valence-corrected chi connectivity index (χ1v) is 17.5. The van der Waals surface area contributed by atoms with E-state index in [9.17, 15) is 13.6 Å². The van der Waals surface area contributed by atoms with Crippen molar-refractivity contribution in [3.05, 3.63) is 153 Å². The van der Waals surface area contributed by atoms with Crippen molar-refractivity contribution in [3.63, 3.8) is 0 Å². The lowest BCUT2D eigenvalue weighted by Crippen LogP contribution is -2.47. The summed E-state index contributed by atoms with van der Waals surface area (Å²) in [5.74, 6) is 1.42. The van der Waals surface area contributed by atoms with E-state index in [1.54, 1.807) is 61.7 Å². The van der Waals surface area contributed by atoms with E-state index in [2.05, 4.69) is 34.1 Å². The van der Waals surface area contributed by atoms with Gasteiger partial charge in [0.1, 0.15) is 29.7 Å². The molecule has 1 aromatic heterocycles. The Morgan fingerprint density at radius 3 is 2.21 bits per heavy atom. The highest BCUT2D eigenvalue weighted by Gasteiger charge is 2.20. The van der Waals surface area contributed by atoms with Gasteiger partial charge in [-0.05, 0) is 102 Å². The molecule has 5 aromatic rings. The average Bonchev–Trinajstić information content (AvgIpc) is 3.15. The van der Waals surface area contributed by atoms with Gasteiger partial charge in [-0.2, -0.15) is 0 Å². The molecule has 0 spiro atoms. The number of amides is 1. The summed E-state index contributed by atoms with van der Waals surface area (Å²) < 4.78 is 44.3. The third-order valence-electron chi connectivity index (χ3n) is 8.81. The SMILES string of the molecule is Cc1ccc(COc2ccc(Oc3c(C)cc(C=CC(=O)N4CCN(Cc5ccc(CCOc6ccc(F)cc6)cc5)CC4)cc3Cl)nc2)cc1F. The van der Waals surface area contributed by atoms with E-state index in [-0.39, 0.29) is 24.1 Å². The lowest BCUT2D eigenvalue weighted by atomic mass is 10.1. The second kappa shape index (κ2) is 17.3. The molecule has 0 radical (unpaired) electrons. The molecule has 0 N–H and O–H groups in total. The van der Waals surface area contributed by atoms with Crippen LogP contribution in [0.5, 0.6) is 23.1 Å². The summed E-state index contributed by atoms with van der Waals surface area (Å²) in [5, 5.41) is 0.399. The largest absolute Gasteiger partial charge is 0.493 e. The molecule has 1 aliphatic rings. The van der Waals surface area contributed by atoms with E-state index in [1.807, 2.05) is 24.0 Å². The summed E-state index contributed by atoms with van der Waals surface area (Å²) in [6.45, 7) is 8.04. The molecular formula is C42H40ClF2N3O4. The van der Waals surface area contributed by atoms with Crippen LogP contribution in [0.15, 0.2) is 103 Å². The summed E-state index contributed by atoms with van der Waals surface area (Å²) in [7, 11) is 0. The van der Waals surface area contributed by atoms with Crippen molar-refractivity contribution < 1.29 is 27.8 Å². The van der Waals surface area contributed by atoms with Crippen molar-refractivity contribution in [2.24, 2.45) is 0 Å². The average molecular weight is 724 g/mol. The molecule has 2 heterocycles. The molecule has 10 heteroatoms. The van der Waals surface area contributed by atoms with Crippen molar-refractivity contribution in [1.29, 1.82) is 0 Å². The molecule has 1 fully saturated rings. The molecule has 1 amide bonds. The predicted molar refractivity (Wildman–Crippen MR) is 199 cm³/mol. The van der Waals surface area contributed by atoms with Crippen LogP contribution in [0.25, 0.3) is 6.08 Å². The summed E-state index contributed by atoms with van der Waals surface area (Å²) in [4.78, 5) is 21.6. The summed E-state index contributed by atoms with van der Waals surface area (Å²) in [6.07, 6.45) is 5.67. The number of hydrogen-bond donors (Lipinski definition) is 0. The fraction of sp³-hybridized carbons (Fsp3) is 0.238. The zero-order valence-corrected chi connectivity index (χ0v) is 29.9. The predicted octanol–water partition coefficient (Wildman–Crippen LogP) is 8.98. The molecule has 0 atom stereocenters. The second-order valence-corrected chi connectivity index (χ2v) is 13.2. The van der Waals surface area contributed by atoms with E-state index in [0.29, 0.717) is 53.4 Å². The van der Waals surface area contributed by atoms with Gasteiger partial charge in [0.15, 0.2) is 5.75 Å². The Bertz CT molecular complexity index is 1970. The van der Waals surface area contributed by atoms with Gasteiger partial charge >= 0.3 is 0 Å². The van der Waals surface area contributed by atoms with E-state index < -0.39 is 0 Å². The van der Waals surface area contributed by atoms with Crippen LogP contribution >= 0.6 is 11.6 Å². The molecule has 0 saturated carbocycles. The Hall–Kier alpha value is -5.25. The number of piperazine rings is 1. The minimum atomic E-state index is -0.277. The van der Waals surface area contributed by atoms with Gasteiger partial charge in [-0.3, -0.25) is 9.69 Å². The van der Waals surface area contributed by atoms with Gasteiger partial charge in [0, 0.05) is 51.3 Å². The van der Waals surface area contributed by atoms with Crippen molar-refractivity contribution >= 4 is 23.6 Å². The molecule has 7 nitrogen and oxygen atoms in total. The first-order chi connectivity index (χ1) is 25.2. The van der Waals surface area contributed by atoms with Gasteiger partial charge < -0.3 is 19.1 Å². The van der Waals surface area contributed by atoms with Crippen LogP contribution in [0, 0.1) is 25.5 Å². The van der Waals surface area contributed by atoms with Crippen molar-refractivity contribution in [3.8, 4) is 23.1 Å². The van der Waals surface area contributed by atoms with Crippen LogP contribution in [0.1, 0.15) is 33.4 Å². The van der Waals surface area contributed by atoms with Crippen molar-refractivity contribution in [1.82, 2.24) is 14.8 Å². The van der Waals surface area contributed by atoms with E-state index in [4.69, 9.17) is 25.8 Å². The van der Waals surface area contributed by atoms with Crippen LogP contribution in [0.2, 0.25) is 5.02 Å². The second-order valence-electron chi connectivity index (χ2n) is 12.8. The smallest absolute Gasteiger partial charge is 0.246 e. The van der Waals surface area contributed by atoms with Gasteiger partial charge in [0.2, 0.25) is 11.8 Å². The Balaban J connectivity index is 0.933. The van der Waals surface area contributed by atoms with Crippen molar-refractivity contribution in [2.45, 2.75) is 33.4 Å². The number of carbonyl (C=O) groups is 1. The molecule has 1 saturated heterocycles. The number of benzene rings is 4. The van der Waals surface area contributed by atoms with Crippen LogP contribution in [0.4, 0.5) is 8.78 Å². The van der Waals surface area contributed by atoms with Gasteiger partial charge in [-0.1, -0.05) is 48.0 Å². The Morgan fingerprint density at radius 1 is 0.808 bits per heavy atom. The Labute approximate surface area is 308 Å². The first-order valence-electron chi connectivity index (χ1n) is 17.2. The van der Waals surface area contributed by atoms with Crippen LogP contribution in [-0.4, -0.2) is 53.5 Å². The highest BCUT2D eigenvalue weighted by molar-refractivity contribution is 6.32. The number of hydrogen-bond acceptors (Lipinski definition) is 6. The molecular weight excluding hydrogens is 684 g/mol. The first kappa shape index (κ1) is 36.5. The van der Waals surface area contributed by atoms with Crippen LogP contribution in [0.3, 0.4) is 0 Å². The number of rotatable bonds is 13. The van der Waals surface area contributed by atoms with Crippen LogP contribution < -0.4 is 14.2 Å². The number of nitrogens with zero attached hydrogens (tertiary/aromatic N) is 3. The Morgan fingerprint density at radius 2 is 1.52 bits per heavy atom. The number of aryl methyl sites for hydroxylation is 2. The standard InChI is InChI=1S/C42H40ClF2N3O4/c1-29-3-4-34(25-39(29)45)28-51-37-14-15-40(46-26-37)52-42-30(2)23-33(24-38(42)43)9-16-41(49)48-20-18-47(19-21-48)27-32-7-5-31(6-8-32)17-22-50-36-12-10-35(44)11-13-36/h3-16,23-26H,17-22,27-28H2,1-2H3. The molecule has 4 aromatic carbocycles. The number of carbonyl (C=O) groups excluding carboxylic acids is 1. The zero-order valence-electron chi connectivity index (χ0n) is 29.2. The zero-order chi connectivity index (χ0) is 36.5. The Kier molecular flexibility index (Phi) is 12.2. The third-order valence-corrected chi connectivity index (χ3v) is 9.09. The topological polar surface area (TPSA) is 64.1 Å². The molecule has 0 unspecified atom stereocenters. The fourth-order valence-electron chi connectivity index (χ4n) is 5.78. The van der Waals surface area contributed by atoms with Crippen molar-refractivity contribution in [2.75, 3.05) is 32.8 Å². The lowest BCUT2D eigenvalue weighted by Gasteiger charge is -2.34. The normalized spacial score (nSPS) is 13.4. The summed E-state index contributed by atoms with van der Waals surface area (Å²) in [5.41, 5.74) is 5.29. The van der Waals surface area contributed by atoms with Gasteiger partial charge in [0.25, 0.3) is 0 Å². The number of halogens is 3. The highest BCUT2D eigenvalue weighted by atomic mass is 35.5. The molecule has 268 valence electrons. The number of aromatic nitrogens is 1. The maximum Gasteiger partial charge on any atom is 0.246 e. The number of ether oxygens (including phenoxy) is 3. The molecule has 6 rings (SSSR count). The fourth-order valence-corrected chi connectivity index (χ4v) is 6.09. The van der Waals surface area contributed by atoms with E-state index >= 15 is 0 Å². The number of pyridine rings is 1. The van der Waals surface area contributed by atoms with Gasteiger partial charge in [0.05, 0.1) is 17.8 Å². The monoisotopic (exact) mass is 723 g/mol. The quantitative estimate of drug-likeness (QED) is 0.113. The summed E-state index contributed by atoms with van der Waals surface area (Å²) >= 11 is 6.60. The minimum absolute atomic E-state index is 0.0417. The van der Waals surface area contributed by atoms with E-state index in [1.165, 1.54) is 29.3 Å². The van der Waals surface area contributed by atoms with Gasteiger partial charge in [-0.25, -0.2) is 13.8 Å². The highest BCUT2D eigenvalue weighted by Crippen LogP contribution is 2.34. The maximum atomic E-state index is 13.8. The van der Waals surface area contributed by atoms with Gasteiger partial charge in [-0.15, -0.1) is 0 Å². The molecule has 52 heavy (non-hydrogen) atoms. The van der Waals surface area contributed by atoms with E-state index in [0.717, 1.165) is 42.7 Å². The van der Waals surface area contributed by atoms with Crippen LogP contribution in [-0.2, 0) is 24.4 Å². The molecule has 0 bridgehead atoms. The summed E-state index contributed by atoms with van der Waals surface area (Å²) in [6, 6.07) is 26.6. The molecule has 0 aliphatic carbocycles. The third kappa shape index (κ3) is 10.2. The minimum Gasteiger partial charge on any atom is -0.493 e. The lowest BCUT2D eigenvalue weighted by molar-refractivity contribution is -0.127. The molecule has 1 aliphatic heterocycles. The maximum absolute atomic E-state index is 13.8.